The first-order valence-electron chi connectivity index (χ1n) is 6.14. The second kappa shape index (κ2) is 7.49. The van der Waals surface area contributed by atoms with Gasteiger partial charge >= 0.3 is 0 Å². The van der Waals surface area contributed by atoms with Gasteiger partial charge in [0.05, 0.1) is 6.61 Å². The van der Waals surface area contributed by atoms with E-state index in [9.17, 15) is 9.59 Å². The van der Waals surface area contributed by atoms with E-state index in [0.717, 1.165) is 19.0 Å². The molecule has 0 bridgehead atoms. The third-order valence-electron chi connectivity index (χ3n) is 2.65. The Bertz CT molecular complexity index is 440. The minimum atomic E-state index is -0.438. The van der Waals surface area contributed by atoms with Crippen molar-refractivity contribution < 1.29 is 4.74 Å². The number of anilines is 2. The van der Waals surface area contributed by atoms with Gasteiger partial charge in [-0.3, -0.25) is 9.59 Å². The molecule has 18 heavy (non-hydrogen) atoms. The molecule has 6 heteroatoms. The highest BCUT2D eigenvalue weighted by molar-refractivity contribution is 7.16. The molecule has 0 heterocycles. The van der Waals surface area contributed by atoms with Crippen LogP contribution in [0.25, 0.3) is 0 Å². The van der Waals surface area contributed by atoms with E-state index in [4.69, 9.17) is 4.74 Å². The fourth-order valence-electron chi connectivity index (χ4n) is 1.72. The highest BCUT2D eigenvalue weighted by Gasteiger charge is 2.21. The number of nitrogens with one attached hydrogen (secondary N) is 2. The van der Waals surface area contributed by atoms with Crippen LogP contribution in [0, 0.1) is 0 Å². The van der Waals surface area contributed by atoms with Crippen molar-refractivity contribution in [2.24, 2.45) is 0 Å². The van der Waals surface area contributed by atoms with Crippen LogP contribution in [0.4, 0.5) is 11.4 Å². The first-order chi connectivity index (χ1) is 8.61. The normalized spacial score (nSPS) is 12.6. The Hall–Kier alpha value is -0.930. The van der Waals surface area contributed by atoms with E-state index in [0.29, 0.717) is 24.5 Å². The number of hydrogen-bond donors (Lipinski definition) is 2. The van der Waals surface area contributed by atoms with Crippen molar-refractivity contribution in [1.82, 2.24) is 0 Å². The summed E-state index contributed by atoms with van der Waals surface area (Å²) in [6.45, 7) is 3.11. The quantitative estimate of drug-likeness (QED) is 0.395. The summed E-state index contributed by atoms with van der Waals surface area (Å²) in [4.78, 5) is 22.9. The number of unbranched alkanes of at least 4 members (excludes halogenated alkanes) is 1. The maximum absolute atomic E-state index is 11.4. The van der Waals surface area contributed by atoms with Gasteiger partial charge in [-0.25, -0.2) is 0 Å². The third kappa shape index (κ3) is 3.79. The van der Waals surface area contributed by atoms with Crippen molar-refractivity contribution in [3.8, 4) is 0 Å². The van der Waals surface area contributed by atoms with E-state index in [1.165, 1.54) is 0 Å². The van der Waals surface area contributed by atoms with Crippen LogP contribution in [-0.4, -0.2) is 32.5 Å². The van der Waals surface area contributed by atoms with Gasteiger partial charge < -0.3 is 15.4 Å². The van der Waals surface area contributed by atoms with E-state index < -0.39 is 10.9 Å². The lowest BCUT2D eigenvalue weighted by molar-refractivity contribution is 0.190. The fraction of sp³-hybridized carbons (Fsp3) is 0.667. The van der Waals surface area contributed by atoms with E-state index in [-0.39, 0.29) is 6.04 Å². The Morgan fingerprint density at radius 2 is 1.89 bits per heavy atom. The molecule has 1 aromatic rings. The van der Waals surface area contributed by atoms with Gasteiger partial charge in [0, 0.05) is 19.7 Å². The summed E-state index contributed by atoms with van der Waals surface area (Å²) in [6.07, 6.45) is 3.11. The van der Waals surface area contributed by atoms with Crippen molar-refractivity contribution >= 4 is 20.6 Å². The molecular formula is C12H21N2O3P. The van der Waals surface area contributed by atoms with E-state index in [1.54, 1.807) is 7.11 Å². The molecule has 0 spiro atoms. The summed E-state index contributed by atoms with van der Waals surface area (Å²) in [5.74, 6) is 0. The Labute approximate surface area is 109 Å². The van der Waals surface area contributed by atoms with Crippen LogP contribution in [0.15, 0.2) is 9.59 Å². The molecule has 0 saturated carbocycles. The summed E-state index contributed by atoms with van der Waals surface area (Å²) in [5.41, 5.74) is -0.0402. The van der Waals surface area contributed by atoms with Crippen LogP contribution in [0.3, 0.4) is 0 Å². The van der Waals surface area contributed by atoms with E-state index in [1.807, 2.05) is 6.92 Å². The second-order valence-electron chi connectivity index (χ2n) is 4.33. The number of rotatable bonds is 9. The molecule has 1 aromatic carbocycles. The van der Waals surface area contributed by atoms with Gasteiger partial charge in [-0.1, -0.05) is 0 Å². The summed E-state index contributed by atoms with van der Waals surface area (Å²) < 4.78 is 4.98. The van der Waals surface area contributed by atoms with E-state index >= 15 is 0 Å². The first kappa shape index (κ1) is 15.1. The van der Waals surface area contributed by atoms with Crippen molar-refractivity contribution in [2.45, 2.75) is 25.8 Å². The molecule has 2 unspecified atom stereocenters. The maximum Gasteiger partial charge on any atom is 0.253 e. The molecule has 102 valence electrons. The third-order valence-corrected chi connectivity index (χ3v) is 3.06. The van der Waals surface area contributed by atoms with Crippen LogP contribution >= 0.6 is 9.24 Å². The molecule has 0 saturated heterocycles. The highest BCUT2D eigenvalue weighted by atomic mass is 31.0. The Morgan fingerprint density at radius 1 is 1.22 bits per heavy atom. The number of hydrogen-bond acceptors (Lipinski definition) is 5. The van der Waals surface area contributed by atoms with Crippen molar-refractivity contribution in [1.29, 1.82) is 0 Å². The minimum Gasteiger partial charge on any atom is -0.383 e. The highest BCUT2D eigenvalue weighted by Crippen LogP contribution is 2.15. The van der Waals surface area contributed by atoms with Crippen LogP contribution in [0.2, 0.25) is 0 Å². The van der Waals surface area contributed by atoms with Crippen molar-refractivity contribution in [2.75, 3.05) is 37.1 Å². The molecule has 0 aromatic heterocycles. The average Bonchev–Trinajstić information content (AvgIpc) is 2.36. The zero-order chi connectivity index (χ0) is 13.5. The molecule has 0 fully saturated rings. The SMILES string of the molecule is COCC(C)Nc1c(NCCCCP)c(=O)c1=O. The number of ether oxygens (including phenoxy) is 1. The standard InChI is InChI=1S/C12H21N2O3P/c1-8(7-17-2)14-10-9(11(15)12(10)16)13-5-3-4-6-18/h8,13-14H,3-7,18H2,1-2H3. The lowest BCUT2D eigenvalue weighted by Crippen LogP contribution is -2.40. The Kier molecular flexibility index (Phi) is 6.30. The lowest BCUT2D eigenvalue weighted by Gasteiger charge is -2.18. The van der Waals surface area contributed by atoms with Crippen molar-refractivity contribution in [3.63, 3.8) is 0 Å². The van der Waals surface area contributed by atoms with Gasteiger partial charge in [-0.05, 0) is 25.9 Å². The molecule has 2 N–H and O–H groups in total. The zero-order valence-corrected chi connectivity index (χ0v) is 12.1. The molecule has 2 atom stereocenters. The summed E-state index contributed by atoms with van der Waals surface area (Å²) >= 11 is 0. The van der Waals surface area contributed by atoms with Gasteiger partial charge in [-0.2, -0.15) is 0 Å². The Morgan fingerprint density at radius 3 is 2.50 bits per heavy atom. The van der Waals surface area contributed by atoms with Gasteiger partial charge in [0.25, 0.3) is 10.9 Å². The zero-order valence-electron chi connectivity index (χ0n) is 10.9. The monoisotopic (exact) mass is 272 g/mol. The number of methoxy groups -OCH3 is 1. The lowest BCUT2D eigenvalue weighted by atomic mass is 10.1. The molecule has 0 aliphatic carbocycles. The molecule has 0 radical (unpaired) electrons. The fourth-order valence-corrected chi connectivity index (χ4v) is 2.01. The van der Waals surface area contributed by atoms with Crippen molar-refractivity contribution in [3.05, 3.63) is 20.4 Å². The second-order valence-corrected chi connectivity index (χ2v) is 4.91. The van der Waals surface area contributed by atoms with Crippen LogP contribution in [0.5, 0.6) is 0 Å². The average molecular weight is 272 g/mol. The smallest absolute Gasteiger partial charge is 0.253 e. The predicted molar refractivity (Wildman–Crippen MR) is 78.6 cm³/mol. The Balaban J connectivity index is 2.55. The van der Waals surface area contributed by atoms with Crippen LogP contribution in [-0.2, 0) is 4.74 Å². The topological polar surface area (TPSA) is 67.4 Å². The predicted octanol–water partition coefficient (Wildman–Crippen LogP) is 0.797. The van der Waals surface area contributed by atoms with Gasteiger partial charge in [-0.15, -0.1) is 9.24 Å². The summed E-state index contributed by atoms with van der Waals surface area (Å²) in [5, 5.41) is 6.03. The maximum atomic E-state index is 11.4. The summed E-state index contributed by atoms with van der Waals surface area (Å²) in [7, 11) is 4.26. The van der Waals surface area contributed by atoms with Gasteiger partial charge in [0.1, 0.15) is 11.4 Å². The van der Waals surface area contributed by atoms with Gasteiger partial charge in [0.15, 0.2) is 0 Å². The molecule has 0 aliphatic rings. The molecule has 1 rings (SSSR count). The van der Waals surface area contributed by atoms with Crippen LogP contribution in [0.1, 0.15) is 19.8 Å². The molecular weight excluding hydrogens is 251 g/mol. The molecule has 5 nitrogen and oxygen atoms in total. The summed E-state index contributed by atoms with van der Waals surface area (Å²) in [6, 6.07) is 0.00546. The first-order valence-corrected chi connectivity index (χ1v) is 6.96. The molecule has 0 amide bonds. The minimum absolute atomic E-state index is 0.00546. The van der Waals surface area contributed by atoms with E-state index in [2.05, 4.69) is 19.9 Å². The molecule has 0 aliphatic heterocycles. The van der Waals surface area contributed by atoms with Gasteiger partial charge in [0.2, 0.25) is 0 Å². The van der Waals surface area contributed by atoms with Crippen LogP contribution < -0.4 is 21.5 Å². The largest absolute Gasteiger partial charge is 0.383 e.